The number of aromatic nitrogens is 2. The van der Waals surface area contributed by atoms with Gasteiger partial charge in [-0.1, -0.05) is 36.1 Å². The van der Waals surface area contributed by atoms with Gasteiger partial charge in [0.1, 0.15) is 0 Å². The van der Waals surface area contributed by atoms with Crippen LogP contribution in [-0.2, 0) is 6.54 Å². The second-order valence-electron chi connectivity index (χ2n) is 6.06. The number of hydrogen-bond acceptors (Lipinski definition) is 2. The number of carbonyl (C=O) groups is 1. The predicted molar refractivity (Wildman–Crippen MR) is 105 cm³/mol. The molecule has 0 fully saturated rings. The zero-order valence-corrected chi connectivity index (χ0v) is 14.8. The van der Waals surface area contributed by atoms with Crippen LogP contribution < -0.4 is 5.32 Å². The summed E-state index contributed by atoms with van der Waals surface area (Å²) in [5.41, 5.74) is 3.53. The van der Waals surface area contributed by atoms with E-state index in [0.717, 1.165) is 29.7 Å². The number of benzene rings is 2. The molecule has 3 aromatic rings. The molecule has 0 spiro atoms. The van der Waals surface area contributed by atoms with Crippen LogP contribution in [0.1, 0.15) is 34.9 Å². The maximum atomic E-state index is 12.4. The molecule has 1 heterocycles. The molecular formula is C22H23N3O. The lowest BCUT2D eigenvalue weighted by Gasteiger charge is -2.07. The van der Waals surface area contributed by atoms with Crippen molar-refractivity contribution in [2.24, 2.45) is 0 Å². The molecule has 0 aliphatic rings. The summed E-state index contributed by atoms with van der Waals surface area (Å²) < 4.78 is 2.00. The fraction of sp³-hybridized carbons (Fsp3) is 0.182. The normalized spacial score (nSPS) is 10.0. The van der Waals surface area contributed by atoms with Crippen molar-refractivity contribution in [2.45, 2.75) is 19.9 Å². The lowest BCUT2D eigenvalue weighted by molar-refractivity contribution is 0.0952. The number of imidazole rings is 1. The first-order chi connectivity index (χ1) is 12.7. The number of rotatable bonds is 5. The standard InChI is InChI=1S/C22H21N3O.H2/c1-18-8-10-21(16-20(18)11-9-19-6-3-2-4-7-19)22(26)24-12-5-14-25-15-13-23-17-25;/h2-4,6-8,10,13,15-17H,5,12,14H2,1H3,(H,24,26);1H. The van der Waals surface area contributed by atoms with E-state index in [1.54, 1.807) is 12.5 Å². The van der Waals surface area contributed by atoms with Gasteiger partial charge in [0.25, 0.3) is 5.91 Å². The number of amides is 1. The van der Waals surface area contributed by atoms with E-state index < -0.39 is 0 Å². The highest BCUT2D eigenvalue weighted by molar-refractivity contribution is 5.94. The fourth-order valence-electron chi connectivity index (χ4n) is 2.54. The monoisotopic (exact) mass is 345 g/mol. The Morgan fingerprint density at radius 1 is 1.19 bits per heavy atom. The van der Waals surface area contributed by atoms with Crippen LogP contribution in [0.25, 0.3) is 0 Å². The van der Waals surface area contributed by atoms with Gasteiger partial charge in [0.2, 0.25) is 0 Å². The van der Waals surface area contributed by atoms with Crippen molar-refractivity contribution >= 4 is 5.91 Å². The van der Waals surface area contributed by atoms with Crippen molar-refractivity contribution in [3.63, 3.8) is 0 Å². The number of carbonyl (C=O) groups excluding carboxylic acids is 1. The first-order valence-electron chi connectivity index (χ1n) is 8.64. The molecule has 0 unspecified atom stereocenters. The third-order valence-corrected chi connectivity index (χ3v) is 4.05. The maximum absolute atomic E-state index is 12.4. The van der Waals surface area contributed by atoms with E-state index in [0.29, 0.717) is 12.1 Å². The van der Waals surface area contributed by atoms with Gasteiger partial charge >= 0.3 is 0 Å². The summed E-state index contributed by atoms with van der Waals surface area (Å²) in [6.07, 6.45) is 6.30. The van der Waals surface area contributed by atoms with Crippen LogP contribution in [0.2, 0.25) is 0 Å². The molecule has 2 aromatic carbocycles. The molecule has 1 amide bonds. The van der Waals surface area contributed by atoms with Gasteiger partial charge in [-0.05, 0) is 43.2 Å². The van der Waals surface area contributed by atoms with Gasteiger partial charge in [0.05, 0.1) is 6.33 Å². The molecule has 0 saturated heterocycles. The van der Waals surface area contributed by atoms with Gasteiger partial charge in [-0.3, -0.25) is 4.79 Å². The van der Waals surface area contributed by atoms with E-state index in [1.807, 2.05) is 66.2 Å². The Morgan fingerprint density at radius 2 is 2.04 bits per heavy atom. The minimum Gasteiger partial charge on any atom is -0.352 e. The van der Waals surface area contributed by atoms with Gasteiger partial charge < -0.3 is 9.88 Å². The molecule has 132 valence electrons. The smallest absolute Gasteiger partial charge is 0.251 e. The third kappa shape index (κ3) is 4.84. The van der Waals surface area contributed by atoms with E-state index in [4.69, 9.17) is 0 Å². The van der Waals surface area contributed by atoms with Crippen molar-refractivity contribution in [3.05, 3.63) is 89.5 Å². The van der Waals surface area contributed by atoms with Crippen LogP contribution in [0.3, 0.4) is 0 Å². The van der Waals surface area contributed by atoms with Crippen LogP contribution >= 0.6 is 0 Å². The number of aryl methyl sites for hydroxylation is 2. The zero-order chi connectivity index (χ0) is 18.2. The predicted octanol–water partition coefficient (Wildman–Crippen LogP) is 3.66. The molecule has 4 nitrogen and oxygen atoms in total. The quantitative estimate of drug-likeness (QED) is 0.567. The van der Waals surface area contributed by atoms with Crippen LogP contribution in [-0.4, -0.2) is 22.0 Å². The highest BCUT2D eigenvalue weighted by Gasteiger charge is 2.06. The minimum absolute atomic E-state index is 0. The molecule has 0 aliphatic carbocycles. The average Bonchev–Trinajstić information content (AvgIpc) is 3.19. The van der Waals surface area contributed by atoms with Gasteiger partial charge in [0, 0.05) is 43.6 Å². The number of hydrogen-bond donors (Lipinski definition) is 1. The van der Waals surface area contributed by atoms with Crippen molar-refractivity contribution < 1.29 is 6.22 Å². The lowest BCUT2D eigenvalue weighted by Crippen LogP contribution is -2.25. The Labute approximate surface area is 155 Å². The first kappa shape index (κ1) is 17.5. The topological polar surface area (TPSA) is 46.9 Å². The molecule has 26 heavy (non-hydrogen) atoms. The van der Waals surface area contributed by atoms with E-state index in [9.17, 15) is 4.79 Å². The van der Waals surface area contributed by atoms with Crippen molar-refractivity contribution in [3.8, 4) is 11.8 Å². The van der Waals surface area contributed by atoms with Crippen molar-refractivity contribution in [2.75, 3.05) is 6.54 Å². The second-order valence-corrected chi connectivity index (χ2v) is 6.06. The lowest BCUT2D eigenvalue weighted by atomic mass is 10.0. The van der Waals surface area contributed by atoms with Crippen LogP contribution in [0.15, 0.2) is 67.3 Å². The van der Waals surface area contributed by atoms with Crippen LogP contribution in [0.5, 0.6) is 0 Å². The molecule has 0 aliphatic heterocycles. The summed E-state index contributed by atoms with van der Waals surface area (Å²) >= 11 is 0. The Bertz CT molecular complexity index is 925. The summed E-state index contributed by atoms with van der Waals surface area (Å²) in [5, 5.41) is 2.96. The second kappa shape index (κ2) is 8.68. The van der Waals surface area contributed by atoms with Crippen LogP contribution in [0.4, 0.5) is 0 Å². The van der Waals surface area contributed by atoms with Gasteiger partial charge in [-0.25, -0.2) is 4.98 Å². The maximum Gasteiger partial charge on any atom is 0.251 e. The van der Waals surface area contributed by atoms with E-state index in [1.165, 1.54) is 0 Å². The molecule has 0 atom stereocenters. The zero-order valence-electron chi connectivity index (χ0n) is 14.8. The van der Waals surface area contributed by atoms with E-state index >= 15 is 0 Å². The minimum atomic E-state index is -0.0709. The van der Waals surface area contributed by atoms with Gasteiger partial charge in [-0.15, -0.1) is 0 Å². The molecule has 0 bridgehead atoms. The molecular weight excluding hydrogens is 322 g/mol. The van der Waals surface area contributed by atoms with Crippen LogP contribution in [0, 0.1) is 18.8 Å². The fourth-order valence-corrected chi connectivity index (χ4v) is 2.54. The Kier molecular flexibility index (Phi) is 5.84. The Balaban J connectivity index is 0.00000261. The first-order valence-corrected chi connectivity index (χ1v) is 8.64. The van der Waals surface area contributed by atoms with Gasteiger partial charge in [0.15, 0.2) is 0 Å². The Hall–Kier alpha value is -3.32. The average molecular weight is 345 g/mol. The van der Waals surface area contributed by atoms with Crippen molar-refractivity contribution in [1.29, 1.82) is 0 Å². The molecule has 3 rings (SSSR count). The summed E-state index contributed by atoms with van der Waals surface area (Å²) in [4.78, 5) is 16.4. The highest BCUT2D eigenvalue weighted by atomic mass is 16.1. The molecule has 4 heteroatoms. The summed E-state index contributed by atoms with van der Waals surface area (Å²) in [6.45, 7) is 3.46. The largest absolute Gasteiger partial charge is 0.352 e. The van der Waals surface area contributed by atoms with Gasteiger partial charge in [-0.2, -0.15) is 0 Å². The molecule has 0 radical (unpaired) electrons. The molecule has 1 N–H and O–H groups in total. The van der Waals surface area contributed by atoms with E-state index in [2.05, 4.69) is 22.1 Å². The summed E-state index contributed by atoms with van der Waals surface area (Å²) in [5.74, 6) is 6.24. The number of nitrogens with zero attached hydrogens (tertiary/aromatic N) is 2. The van der Waals surface area contributed by atoms with E-state index in [-0.39, 0.29) is 7.33 Å². The molecule has 0 saturated carbocycles. The van der Waals surface area contributed by atoms with Crippen molar-refractivity contribution in [1.82, 2.24) is 14.9 Å². The summed E-state index contributed by atoms with van der Waals surface area (Å²) in [7, 11) is 0. The molecule has 1 aromatic heterocycles. The summed E-state index contributed by atoms with van der Waals surface area (Å²) in [6, 6.07) is 15.5. The third-order valence-electron chi connectivity index (χ3n) is 4.05. The Morgan fingerprint density at radius 3 is 2.81 bits per heavy atom. The number of nitrogens with one attached hydrogen (secondary N) is 1. The highest BCUT2D eigenvalue weighted by Crippen LogP contribution is 2.11. The SMILES string of the molecule is Cc1ccc(C(=O)NCCCn2ccnc2)cc1C#Cc1ccccc1.[HH].